The van der Waals surface area contributed by atoms with Crippen molar-refractivity contribution in [3.63, 3.8) is 0 Å². The Kier molecular flexibility index (Phi) is 6.99. The van der Waals surface area contributed by atoms with Crippen molar-refractivity contribution >= 4 is 34.6 Å². The van der Waals surface area contributed by atoms with Crippen molar-refractivity contribution < 1.29 is 4.79 Å². The summed E-state index contributed by atoms with van der Waals surface area (Å²) in [7, 11) is 0. The maximum absolute atomic E-state index is 12.0. The van der Waals surface area contributed by atoms with E-state index in [0.717, 1.165) is 51.0 Å². The second-order valence-electron chi connectivity index (χ2n) is 9.75. The lowest BCUT2D eigenvalue weighted by molar-refractivity contribution is -0.115. The van der Waals surface area contributed by atoms with Crippen LogP contribution in [0.3, 0.4) is 0 Å². The summed E-state index contributed by atoms with van der Waals surface area (Å²) in [5.41, 5.74) is 8.12. The molecule has 1 aromatic carbocycles. The number of rotatable bonds is 6. The third-order valence-electron chi connectivity index (χ3n) is 7.10. The van der Waals surface area contributed by atoms with Crippen LogP contribution in [0.2, 0.25) is 0 Å². The average Bonchev–Trinajstić information content (AvgIpc) is 3.41. The van der Waals surface area contributed by atoms with E-state index in [9.17, 15) is 4.79 Å². The Labute approximate surface area is 228 Å². The van der Waals surface area contributed by atoms with Gasteiger partial charge in [0.25, 0.3) is 0 Å². The molecule has 1 aliphatic rings. The van der Waals surface area contributed by atoms with Gasteiger partial charge in [-0.1, -0.05) is 19.1 Å². The summed E-state index contributed by atoms with van der Waals surface area (Å²) >= 11 is 5.93. The summed E-state index contributed by atoms with van der Waals surface area (Å²) in [4.78, 5) is 23.5. The first kappa shape index (κ1) is 25.6. The predicted molar refractivity (Wildman–Crippen MR) is 156 cm³/mol. The molecule has 4 heterocycles. The molecule has 194 valence electrons. The van der Waals surface area contributed by atoms with Crippen molar-refractivity contribution in [2.24, 2.45) is 0 Å². The van der Waals surface area contributed by atoms with Gasteiger partial charge in [0, 0.05) is 41.6 Å². The molecule has 4 aromatic rings. The van der Waals surface area contributed by atoms with Crippen molar-refractivity contribution in [2.75, 3.05) is 10.2 Å². The van der Waals surface area contributed by atoms with Crippen LogP contribution in [-0.4, -0.2) is 25.6 Å². The molecule has 1 aliphatic heterocycles. The van der Waals surface area contributed by atoms with E-state index < -0.39 is 0 Å². The Morgan fingerprint density at radius 1 is 1.05 bits per heavy atom. The molecule has 7 nitrogen and oxygen atoms in total. The first-order valence-corrected chi connectivity index (χ1v) is 13.2. The monoisotopic (exact) mass is 524 g/mol. The van der Waals surface area contributed by atoms with E-state index in [1.165, 1.54) is 0 Å². The van der Waals surface area contributed by atoms with Gasteiger partial charge in [-0.05, 0) is 99.1 Å². The lowest BCUT2D eigenvalue weighted by Gasteiger charge is -2.29. The minimum absolute atomic E-state index is 0.00976. The number of thiocarbonyl (C=S) groups is 1. The second kappa shape index (κ2) is 10.4. The van der Waals surface area contributed by atoms with Crippen LogP contribution >= 0.6 is 12.2 Å². The number of carbonyl (C=O) groups excluding carboxylic acids is 1. The summed E-state index contributed by atoms with van der Waals surface area (Å²) in [6, 6.07) is 18.1. The van der Waals surface area contributed by atoms with E-state index in [2.05, 4.69) is 63.2 Å². The molecule has 3 aromatic heterocycles. The van der Waals surface area contributed by atoms with Crippen molar-refractivity contribution in [1.82, 2.24) is 19.9 Å². The van der Waals surface area contributed by atoms with E-state index >= 15 is 0 Å². The van der Waals surface area contributed by atoms with Crippen LogP contribution in [0.15, 0.2) is 67.0 Å². The number of aromatic nitrogens is 3. The van der Waals surface area contributed by atoms with Gasteiger partial charge < -0.3 is 20.1 Å². The van der Waals surface area contributed by atoms with Crippen LogP contribution in [0.5, 0.6) is 0 Å². The maximum atomic E-state index is 12.0. The van der Waals surface area contributed by atoms with Crippen molar-refractivity contribution in [3.8, 4) is 5.82 Å². The Morgan fingerprint density at radius 2 is 1.87 bits per heavy atom. The highest BCUT2D eigenvalue weighted by molar-refractivity contribution is 7.80. The summed E-state index contributed by atoms with van der Waals surface area (Å²) in [5.74, 6) is 0.877. The number of carbonyl (C=O) groups is 1. The number of hydrogen-bond donors (Lipinski definition) is 2. The topological polar surface area (TPSA) is 75.1 Å². The maximum Gasteiger partial charge on any atom is 0.224 e. The summed E-state index contributed by atoms with van der Waals surface area (Å²) in [5, 5.41) is 7.16. The summed E-state index contributed by atoms with van der Waals surface area (Å²) in [6.07, 6.45) is 4.14. The van der Waals surface area contributed by atoms with E-state index in [1.54, 1.807) is 0 Å². The average molecular weight is 525 g/mol. The number of anilines is 2. The summed E-state index contributed by atoms with van der Waals surface area (Å²) < 4.78 is 2.19. The van der Waals surface area contributed by atoms with Gasteiger partial charge in [-0.3, -0.25) is 9.78 Å². The number of amides is 1. The fourth-order valence-electron chi connectivity index (χ4n) is 5.16. The van der Waals surface area contributed by atoms with Crippen LogP contribution in [0, 0.1) is 27.7 Å². The van der Waals surface area contributed by atoms with Crippen molar-refractivity contribution in [1.29, 1.82) is 0 Å². The third kappa shape index (κ3) is 4.67. The SMILES string of the molecule is CCC(=O)Nc1ccc(N2C(=S)NC(c3ccccn3)C2c2cc(C)n(-c3ccc(C)cn3)c2C)cc1C. The minimum atomic E-state index is -0.150. The van der Waals surface area contributed by atoms with Gasteiger partial charge in [0.05, 0.1) is 17.8 Å². The van der Waals surface area contributed by atoms with Crippen LogP contribution in [0.25, 0.3) is 5.82 Å². The van der Waals surface area contributed by atoms with Gasteiger partial charge in [-0.25, -0.2) is 4.98 Å². The van der Waals surface area contributed by atoms with Gasteiger partial charge in [0.15, 0.2) is 5.11 Å². The number of aryl methyl sites for hydroxylation is 3. The molecule has 2 N–H and O–H groups in total. The molecule has 0 bridgehead atoms. The van der Waals surface area contributed by atoms with Gasteiger partial charge in [0.2, 0.25) is 5.91 Å². The molecule has 0 radical (unpaired) electrons. The normalized spacial score (nSPS) is 17.0. The molecule has 5 rings (SSSR count). The molecule has 1 saturated heterocycles. The molecule has 2 unspecified atom stereocenters. The van der Waals surface area contributed by atoms with Gasteiger partial charge in [0.1, 0.15) is 5.82 Å². The molecule has 8 heteroatoms. The van der Waals surface area contributed by atoms with Gasteiger partial charge in [-0.15, -0.1) is 0 Å². The molecule has 0 spiro atoms. The largest absolute Gasteiger partial charge is 0.351 e. The Balaban J connectivity index is 1.63. The number of nitrogens with zero attached hydrogens (tertiary/aromatic N) is 4. The number of pyridine rings is 2. The van der Waals surface area contributed by atoms with Gasteiger partial charge in [-0.2, -0.15) is 0 Å². The van der Waals surface area contributed by atoms with E-state index in [-0.39, 0.29) is 18.0 Å². The Hall–Kier alpha value is -4.04. The van der Waals surface area contributed by atoms with Crippen LogP contribution in [0.1, 0.15) is 59.2 Å². The standard InChI is InChI=1S/C30H32N6OS/c1-6-27(37)33-24-12-11-22(15-19(24)3)36-29(28(34-30(36)38)25-9-7-8-14-31-25)23-16-20(4)35(21(23)5)26-13-10-18(2)17-32-26/h7-17,28-29H,6H2,1-5H3,(H,33,37)(H,34,38). The van der Waals surface area contributed by atoms with Crippen LogP contribution in [-0.2, 0) is 4.79 Å². The Bertz CT molecular complexity index is 1500. The molecule has 0 saturated carbocycles. The zero-order valence-corrected chi connectivity index (χ0v) is 23.1. The fourth-order valence-corrected chi connectivity index (χ4v) is 5.50. The fraction of sp³-hybridized carbons (Fsp3) is 0.267. The predicted octanol–water partition coefficient (Wildman–Crippen LogP) is 6.03. The second-order valence-corrected chi connectivity index (χ2v) is 10.1. The highest BCUT2D eigenvalue weighted by Gasteiger charge is 2.42. The molecule has 0 aliphatic carbocycles. The van der Waals surface area contributed by atoms with E-state index in [0.29, 0.717) is 11.5 Å². The Morgan fingerprint density at radius 3 is 2.53 bits per heavy atom. The first-order valence-electron chi connectivity index (χ1n) is 12.8. The van der Waals surface area contributed by atoms with Crippen LogP contribution in [0.4, 0.5) is 11.4 Å². The lowest BCUT2D eigenvalue weighted by Crippen LogP contribution is -2.29. The molecular formula is C30H32N6OS. The number of nitrogens with one attached hydrogen (secondary N) is 2. The van der Waals surface area contributed by atoms with Crippen LogP contribution < -0.4 is 15.5 Å². The minimum Gasteiger partial charge on any atom is -0.351 e. The van der Waals surface area contributed by atoms with E-state index in [1.807, 2.05) is 63.5 Å². The zero-order valence-electron chi connectivity index (χ0n) is 22.3. The highest BCUT2D eigenvalue weighted by atomic mass is 32.1. The quantitative estimate of drug-likeness (QED) is 0.300. The van der Waals surface area contributed by atoms with Crippen molar-refractivity contribution in [2.45, 2.75) is 53.1 Å². The molecular weight excluding hydrogens is 492 g/mol. The molecule has 38 heavy (non-hydrogen) atoms. The van der Waals surface area contributed by atoms with Gasteiger partial charge >= 0.3 is 0 Å². The lowest BCUT2D eigenvalue weighted by atomic mass is 9.96. The smallest absolute Gasteiger partial charge is 0.224 e. The summed E-state index contributed by atoms with van der Waals surface area (Å²) in [6.45, 7) is 10.1. The zero-order chi connectivity index (χ0) is 27.0. The first-order chi connectivity index (χ1) is 18.3. The molecule has 1 fully saturated rings. The highest BCUT2D eigenvalue weighted by Crippen LogP contribution is 2.44. The van der Waals surface area contributed by atoms with Crippen molar-refractivity contribution in [3.05, 3.63) is 101 Å². The molecule has 2 atom stereocenters. The number of hydrogen-bond acceptors (Lipinski definition) is 4. The number of benzene rings is 1. The van der Waals surface area contributed by atoms with E-state index in [4.69, 9.17) is 17.2 Å². The molecule has 1 amide bonds. The third-order valence-corrected chi connectivity index (χ3v) is 7.41.